The summed E-state index contributed by atoms with van der Waals surface area (Å²) in [6, 6.07) is 12.6. The Hall–Kier alpha value is -2.69. The normalized spacial score (nSPS) is 14.1. The molecule has 1 amide bonds. The lowest BCUT2D eigenvalue weighted by molar-refractivity contribution is 0.0698. The van der Waals surface area contributed by atoms with Crippen molar-refractivity contribution < 1.29 is 18.0 Å². The lowest BCUT2D eigenvalue weighted by atomic mass is 10.2. The molecular weight excluding hydrogens is 312 g/mol. The van der Waals surface area contributed by atoms with Crippen molar-refractivity contribution in [3.05, 3.63) is 71.5 Å². The van der Waals surface area contributed by atoms with E-state index in [0.717, 1.165) is 24.3 Å². The molecule has 0 unspecified atom stereocenters. The fourth-order valence-electron chi connectivity index (χ4n) is 2.82. The second kappa shape index (κ2) is 5.74. The fraction of sp³-hybridized carbons (Fsp3) is 0.211. The largest absolute Gasteiger partial charge is 0.451 e. The number of benzene rings is 2. The molecule has 1 aliphatic carbocycles. The molecule has 0 N–H and O–H groups in total. The number of carbonyl (C=O) groups is 1. The van der Waals surface area contributed by atoms with Gasteiger partial charge < -0.3 is 9.32 Å². The van der Waals surface area contributed by atoms with E-state index in [2.05, 4.69) is 0 Å². The topological polar surface area (TPSA) is 33.5 Å². The van der Waals surface area contributed by atoms with E-state index in [1.165, 1.54) is 12.1 Å². The van der Waals surface area contributed by atoms with Gasteiger partial charge in [-0.15, -0.1) is 0 Å². The van der Waals surface area contributed by atoms with Crippen LogP contribution in [0.1, 0.15) is 29.0 Å². The van der Waals surface area contributed by atoms with E-state index in [4.69, 9.17) is 4.42 Å². The molecule has 1 aromatic heterocycles. The minimum Gasteiger partial charge on any atom is -0.451 e. The van der Waals surface area contributed by atoms with E-state index in [-0.39, 0.29) is 24.3 Å². The quantitative estimate of drug-likeness (QED) is 0.706. The highest BCUT2D eigenvalue weighted by Gasteiger charge is 2.34. The maximum atomic E-state index is 13.9. The Kier molecular flexibility index (Phi) is 3.56. The average Bonchev–Trinajstić information content (AvgIpc) is 3.31. The predicted octanol–water partition coefficient (Wildman–Crippen LogP) is 4.52. The van der Waals surface area contributed by atoms with Crippen molar-refractivity contribution in [2.75, 3.05) is 0 Å². The molecule has 5 heteroatoms. The highest BCUT2D eigenvalue weighted by atomic mass is 19.1. The molecule has 3 nitrogen and oxygen atoms in total. The lowest BCUT2D eigenvalue weighted by Gasteiger charge is -2.21. The third-order valence-corrected chi connectivity index (χ3v) is 4.24. The third kappa shape index (κ3) is 2.77. The Labute approximate surface area is 137 Å². The van der Waals surface area contributed by atoms with Crippen LogP contribution in [0.5, 0.6) is 0 Å². The summed E-state index contributed by atoms with van der Waals surface area (Å²) in [5, 5.41) is 0.851. The van der Waals surface area contributed by atoms with Crippen LogP contribution in [-0.4, -0.2) is 16.8 Å². The molecular formula is C19H15F2NO2. The van der Waals surface area contributed by atoms with Crippen molar-refractivity contribution in [1.29, 1.82) is 0 Å². The van der Waals surface area contributed by atoms with Gasteiger partial charge in [0.1, 0.15) is 17.2 Å². The zero-order valence-corrected chi connectivity index (χ0v) is 12.8. The maximum absolute atomic E-state index is 13.9. The van der Waals surface area contributed by atoms with Crippen LogP contribution in [0.3, 0.4) is 0 Å². The Balaban J connectivity index is 1.63. The van der Waals surface area contributed by atoms with E-state index < -0.39 is 11.6 Å². The van der Waals surface area contributed by atoms with Crippen molar-refractivity contribution in [1.82, 2.24) is 4.90 Å². The smallest absolute Gasteiger partial charge is 0.290 e. The highest BCUT2D eigenvalue weighted by Crippen LogP contribution is 2.31. The Morgan fingerprint density at radius 3 is 2.62 bits per heavy atom. The standard InChI is InChI=1S/C19H15F2NO2/c20-14-6-5-13(16(21)10-14)11-22(15-7-8-15)19(23)18-9-12-3-1-2-4-17(12)24-18/h1-6,9-10,15H,7-8,11H2. The summed E-state index contributed by atoms with van der Waals surface area (Å²) in [4.78, 5) is 14.4. The summed E-state index contributed by atoms with van der Waals surface area (Å²) in [6.07, 6.45) is 1.77. The number of fused-ring (bicyclic) bond motifs is 1. The molecule has 0 saturated heterocycles. The van der Waals surface area contributed by atoms with Gasteiger partial charge in [-0.1, -0.05) is 24.3 Å². The summed E-state index contributed by atoms with van der Waals surface area (Å²) in [5.41, 5.74) is 0.942. The molecule has 0 atom stereocenters. The number of carbonyl (C=O) groups excluding carboxylic acids is 1. The van der Waals surface area contributed by atoms with E-state index in [9.17, 15) is 13.6 Å². The van der Waals surface area contributed by atoms with Crippen LogP contribution in [-0.2, 0) is 6.54 Å². The monoisotopic (exact) mass is 327 g/mol. The number of rotatable bonds is 4. The summed E-state index contributed by atoms with van der Waals surface area (Å²) >= 11 is 0. The highest BCUT2D eigenvalue weighted by molar-refractivity contribution is 5.96. The van der Waals surface area contributed by atoms with E-state index in [1.807, 2.05) is 18.2 Å². The fourth-order valence-corrected chi connectivity index (χ4v) is 2.82. The zero-order chi connectivity index (χ0) is 16.7. The van der Waals surface area contributed by atoms with Crippen LogP contribution in [0.4, 0.5) is 8.78 Å². The van der Waals surface area contributed by atoms with E-state index in [1.54, 1.807) is 17.0 Å². The van der Waals surface area contributed by atoms with Crippen molar-refractivity contribution in [2.45, 2.75) is 25.4 Å². The first-order chi connectivity index (χ1) is 11.6. The van der Waals surface area contributed by atoms with Crippen LogP contribution in [0, 0.1) is 11.6 Å². The van der Waals surface area contributed by atoms with Gasteiger partial charge in [-0.05, 0) is 31.0 Å². The molecule has 4 rings (SSSR count). The SMILES string of the molecule is O=C(c1cc2ccccc2o1)N(Cc1ccc(F)cc1F)C1CC1. The first kappa shape index (κ1) is 14.9. The minimum absolute atomic E-state index is 0.0789. The van der Waals surface area contributed by atoms with E-state index in [0.29, 0.717) is 11.1 Å². The molecule has 0 aliphatic heterocycles. The lowest BCUT2D eigenvalue weighted by Crippen LogP contribution is -2.32. The van der Waals surface area contributed by atoms with Gasteiger partial charge in [0, 0.05) is 29.6 Å². The molecule has 0 bridgehead atoms. The molecule has 2 aromatic carbocycles. The van der Waals surface area contributed by atoms with Crippen molar-refractivity contribution in [2.24, 2.45) is 0 Å². The molecule has 1 saturated carbocycles. The van der Waals surface area contributed by atoms with Crippen LogP contribution in [0.25, 0.3) is 11.0 Å². The molecule has 0 spiro atoms. The van der Waals surface area contributed by atoms with E-state index >= 15 is 0 Å². The number of halogens is 2. The third-order valence-electron chi connectivity index (χ3n) is 4.24. The van der Waals surface area contributed by atoms with Crippen molar-refractivity contribution in [3.8, 4) is 0 Å². The first-order valence-electron chi connectivity index (χ1n) is 7.85. The predicted molar refractivity (Wildman–Crippen MR) is 85.5 cm³/mol. The zero-order valence-electron chi connectivity index (χ0n) is 12.8. The number of para-hydroxylation sites is 1. The Morgan fingerprint density at radius 1 is 1.12 bits per heavy atom. The number of nitrogens with zero attached hydrogens (tertiary/aromatic N) is 1. The molecule has 1 aliphatic rings. The molecule has 3 aromatic rings. The van der Waals surface area contributed by atoms with Crippen LogP contribution < -0.4 is 0 Å². The van der Waals surface area contributed by atoms with Crippen molar-refractivity contribution >= 4 is 16.9 Å². The number of hydrogen-bond acceptors (Lipinski definition) is 2. The summed E-state index contributed by atoms with van der Waals surface area (Å²) in [5.74, 6) is -1.29. The molecule has 1 fully saturated rings. The van der Waals surface area contributed by atoms with Gasteiger partial charge in [0.15, 0.2) is 5.76 Å². The number of furan rings is 1. The second-order valence-electron chi connectivity index (χ2n) is 6.05. The van der Waals surface area contributed by atoms with Gasteiger partial charge in [0.05, 0.1) is 0 Å². The number of hydrogen-bond donors (Lipinski definition) is 0. The molecule has 122 valence electrons. The number of amides is 1. The van der Waals surface area contributed by atoms with Crippen molar-refractivity contribution in [3.63, 3.8) is 0 Å². The molecule has 24 heavy (non-hydrogen) atoms. The first-order valence-corrected chi connectivity index (χ1v) is 7.85. The van der Waals surface area contributed by atoms with Crippen LogP contribution in [0.15, 0.2) is 52.9 Å². The summed E-state index contributed by atoms with van der Waals surface area (Å²) in [7, 11) is 0. The Morgan fingerprint density at radius 2 is 1.92 bits per heavy atom. The van der Waals surface area contributed by atoms with Gasteiger partial charge in [0.2, 0.25) is 0 Å². The summed E-state index contributed by atoms with van der Waals surface area (Å²) in [6.45, 7) is 0.104. The average molecular weight is 327 g/mol. The van der Waals surface area contributed by atoms with Gasteiger partial charge in [0.25, 0.3) is 5.91 Å². The minimum atomic E-state index is -0.641. The second-order valence-corrected chi connectivity index (χ2v) is 6.05. The van der Waals surface area contributed by atoms with Crippen LogP contribution in [0.2, 0.25) is 0 Å². The van der Waals surface area contributed by atoms with Gasteiger partial charge in [-0.25, -0.2) is 8.78 Å². The van der Waals surface area contributed by atoms with Gasteiger partial charge in [-0.2, -0.15) is 0 Å². The molecule has 1 heterocycles. The van der Waals surface area contributed by atoms with Gasteiger partial charge in [-0.3, -0.25) is 4.79 Å². The maximum Gasteiger partial charge on any atom is 0.290 e. The van der Waals surface area contributed by atoms with Gasteiger partial charge >= 0.3 is 0 Å². The van der Waals surface area contributed by atoms with Crippen LogP contribution >= 0.6 is 0 Å². The molecule has 0 radical (unpaired) electrons. The Bertz CT molecular complexity index is 882. The summed E-state index contributed by atoms with van der Waals surface area (Å²) < 4.78 is 32.6.